The summed E-state index contributed by atoms with van der Waals surface area (Å²) in [5, 5.41) is 2.22. The molecule has 4 aromatic carbocycles. The van der Waals surface area contributed by atoms with Gasteiger partial charge in [-0.1, -0.05) is 78.9 Å². The molecule has 234 valence electrons. The molecule has 50 heavy (non-hydrogen) atoms. The highest BCUT2D eigenvalue weighted by Gasteiger charge is 2.11. The molecular weight excluding hydrogens is 611 g/mol. The number of hydrogen-bond donors (Lipinski definition) is 0. The maximum Gasteiger partial charge on any atom is 0.0731 e. The van der Waals surface area contributed by atoms with Crippen LogP contribution in [0, 0.1) is 0 Å². The molecule has 0 aliphatic carbocycles. The highest BCUT2D eigenvalue weighted by atomic mass is 14.7. The summed E-state index contributed by atoms with van der Waals surface area (Å²) in [5.74, 6) is 0. The standard InChI is InChI=1S/C45H29N5/c1-2-6-31(7-3-1)40-20-16-35-24-33(14-18-42(35)48-40)34-15-19-43-36(25-34)17-21-41(49-43)32-12-10-30(11-13-32)39-26-44(37-8-4-22-46-28-37)50-45(27-39)38-9-5-23-47-29-38/h1-29H. The van der Waals surface area contributed by atoms with Crippen molar-refractivity contribution >= 4 is 21.8 Å². The van der Waals surface area contributed by atoms with E-state index in [4.69, 9.17) is 15.0 Å². The molecule has 0 fully saturated rings. The Morgan fingerprint density at radius 1 is 0.280 bits per heavy atom. The van der Waals surface area contributed by atoms with Gasteiger partial charge in [-0.25, -0.2) is 15.0 Å². The van der Waals surface area contributed by atoms with Crippen molar-refractivity contribution in [1.29, 1.82) is 0 Å². The topological polar surface area (TPSA) is 64.5 Å². The third kappa shape index (κ3) is 5.78. The highest BCUT2D eigenvalue weighted by molar-refractivity contribution is 5.90. The van der Waals surface area contributed by atoms with Crippen LogP contribution in [0.1, 0.15) is 0 Å². The van der Waals surface area contributed by atoms with Crippen molar-refractivity contribution in [2.24, 2.45) is 0 Å². The highest BCUT2D eigenvalue weighted by Crippen LogP contribution is 2.33. The van der Waals surface area contributed by atoms with Crippen molar-refractivity contribution in [3.8, 4) is 67.3 Å². The van der Waals surface area contributed by atoms with Crippen molar-refractivity contribution in [2.75, 3.05) is 0 Å². The lowest BCUT2D eigenvalue weighted by Crippen LogP contribution is -1.92. The van der Waals surface area contributed by atoms with E-state index in [0.29, 0.717) is 0 Å². The van der Waals surface area contributed by atoms with Crippen LogP contribution in [0.3, 0.4) is 0 Å². The molecule has 0 atom stereocenters. The second-order valence-electron chi connectivity index (χ2n) is 12.3. The molecule has 0 amide bonds. The van der Waals surface area contributed by atoms with E-state index in [9.17, 15) is 0 Å². The second kappa shape index (κ2) is 12.6. The Morgan fingerprint density at radius 2 is 0.760 bits per heavy atom. The summed E-state index contributed by atoms with van der Waals surface area (Å²) in [6.45, 7) is 0. The van der Waals surface area contributed by atoms with Gasteiger partial charge in [-0.15, -0.1) is 0 Å². The minimum Gasteiger partial charge on any atom is -0.264 e. The summed E-state index contributed by atoms with van der Waals surface area (Å²) in [4.78, 5) is 23.5. The summed E-state index contributed by atoms with van der Waals surface area (Å²) in [7, 11) is 0. The van der Waals surface area contributed by atoms with Gasteiger partial charge in [0.1, 0.15) is 0 Å². The number of benzene rings is 4. The minimum absolute atomic E-state index is 0.867. The van der Waals surface area contributed by atoms with Crippen LogP contribution in [0.4, 0.5) is 0 Å². The molecule has 0 saturated carbocycles. The summed E-state index contributed by atoms with van der Waals surface area (Å²) in [6, 6.07) is 52.5. The summed E-state index contributed by atoms with van der Waals surface area (Å²) in [5.41, 5.74) is 14.2. The molecular formula is C45H29N5. The minimum atomic E-state index is 0.867. The van der Waals surface area contributed by atoms with Gasteiger partial charge in [0, 0.05) is 57.8 Å². The van der Waals surface area contributed by atoms with E-state index in [-0.39, 0.29) is 0 Å². The molecule has 9 aromatic rings. The van der Waals surface area contributed by atoms with Crippen LogP contribution in [0.15, 0.2) is 176 Å². The lowest BCUT2D eigenvalue weighted by atomic mass is 9.98. The molecule has 0 saturated heterocycles. The maximum atomic E-state index is 5.04. The summed E-state index contributed by atoms with van der Waals surface area (Å²) < 4.78 is 0. The average molecular weight is 640 g/mol. The van der Waals surface area contributed by atoms with Crippen LogP contribution < -0.4 is 0 Å². The van der Waals surface area contributed by atoms with Crippen molar-refractivity contribution in [1.82, 2.24) is 24.9 Å². The first-order valence-electron chi connectivity index (χ1n) is 16.5. The zero-order valence-electron chi connectivity index (χ0n) is 27.0. The predicted molar refractivity (Wildman–Crippen MR) is 203 cm³/mol. The molecule has 5 heteroatoms. The Bertz CT molecular complexity index is 2560. The number of hydrogen-bond acceptors (Lipinski definition) is 5. The van der Waals surface area contributed by atoms with Crippen molar-refractivity contribution in [2.45, 2.75) is 0 Å². The van der Waals surface area contributed by atoms with Crippen LogP contribution >= 0.6 is 0 Å². The van der Waals surface area contributed by atoms with E-state index in [1.165, 1.54) is 0 Å². The Balaban J connectivity index is 0.996. The molecule has 0 N–H and O–H groups in total. The van der Waals surface area contributed by atoms with Crippen LogP contribution in [0.25, 0.3) is 89.1 Å². The fourth-order valence-corrected chi connectivity index (χ4v) is 6.40. The van der Waals surface area contributed by atoms with Gasteiger partial charge in [0.2, 0.25) is 0 Å². The Labute approximate surface area is 289 Å². The van der Waals surface area contributed by atoms with E-state index in [1.54, 1.807) is 12.4 Å². The van der Waals surface area contributed by atoms with Crippen molar-refractivity contribution < 1.29 is 0 Å². The second-order valence-corrected chi connectivity index (χ2v) is 12.3. The number of aromatic nitrogens is 5. The monoisotopic (exact) mass is 639 g/mol. The molecule has 0 radical (unpaired) electrons. The largest absolute Gasteiger partial charge is 0.264 e. The van der Waals surface area contributed by atoms with Gasteiger partial charge in [-0.3, -0.25) is 9.97 Å². The first-order chi connectivity index (χ1) is 24.7. The lowest BCUT2D eigenvalue weighted by molar-refractivity contribution is 1.26. The Kier molecular flexibility index (Phi) is 7.41. The first-order valence-corrected chi connectivity index (χ1v) is 16.5. The van der Waals surface area contributed by atoms with Gasteiger partial charge in [-0.2, -0.15) is 0 Å². The van der Waals surface area contributed by atoms with Crippen LogP contribution in [-0.4, -0.2) is 24.9 Å². The predicted octanol–water partition coefficient (Wildman–Crippen LogP) is 11.0. The van der Waals surface area contributed by atoms with E-state index in [1.807, 2.05) is 54.9 Å². The summed E-state index contributed by atoms with van der Waals surface area (Å²) >= 11 is 0. The fraction of sp³-hybridized carbons (Fsp3) is 0. The van der Waals surface area contributed by atoms with Gasteiger partial charge in [-0.05, 0) is 95.1 Å². The Hall–Kier alpha value is -6.85. The van der Waals surface area contributed by atoms with Gasteiger partial charge < -0.3 is 0 Å². The maximum absolute atomic E-state index is 5.04. The average Bonchev–Trinajstić information content (AvgIpc) is 3.21. The quantitative estimate of drug-likeness (QED) is 0.181. The fourth-order valence-electron chi connectivity index (χ4n) is 6.40. The van der Waals surface area contributed by atoms with E-state index >= 15 is 0 Å². The molecule has 0 bridgehead atoms. The molecule has 0 spiro atoms. The molecule has 0 aliphatic heterocycles. The number of fused-ring (bicyclic) bond motifs is 2. The third-order valence-corrected chi connectivity index (χ3v) is 9.04. The molecule has 0 aliphatic rings. The number of rotatable bonds is 6. The molecule has 0 unspecified atom stereocenters. The normalized spacial score (nSPS) is 11.2. The van der Waals surface area contributed by atoms with Crippen molar-refractivity contribution in [3.63, 3.8) is 0 Å². The molecule has 5 nitrogen and oxygen atoms in total. The number of nitrogens with zero attached hydrogens (tertiary/aromatic N) is 5. The van der Waals surface area contributed by atoms with Crippen LogP contribution in [0.2, 0.25) is 0 Å². The molecule has 5 aromatic heterocycles. The zero-order chi connectivity index (χ0) is 33.3. The van der Waals surface area contributed by atoms with Gasteiger partial charge in [0.15, 0.2) is 0 Å². The smallest absolute Gasteiger partial charge is 0.0731 e. The van der Waals surface area contributed by atoms with E-state index < -0.39 is 0 Å². The van der Waals surface area contributed by atoms with Gasteiger partial charge >= 0.3 is 0 Å². The van der Waals surface area contributed by atoms with Crippen LogP contribution in [-0.2, 0) is 0 Å². The SMILES string of the molecule is c1ccc(-c2ccc3cc(-c4ccc5nc(-c6ccc(-c7cc(-c8cccnc8)nc(-c8cccnc8)c7)cc6)ccc5c4)ccc3n2)cc1. The summed E-state index contributed by atoms with van der Waals surface area (Å²) in [6.07, 6.45) is 7.24. The number of pyridine rings is 5. The van der Waals surface area contributed by atoms with E-state index in [2.05, 4.69) is 119 Å². The van der Waals surface area contributed by atoms with Gasteiger partial charge in [0.05, 0.1) is 33.8 Å². The first kappa shape index (κ1) is 29.3. The van der Waals surface area contributed by atoms with E-state index in [0.717, 1.165) is 89.1 Å². The lowest BCUT2D eigenvalue weighted by Gasteiger charge is -2.11. The molecule has 9 rings (SSSR count). The zero-order valence-corrected chi connectivity index (χ0v) is 27.0. The molecule has 5 heterocycles. The van der Waals surface area contributed by atoms with Crippen molar-refractivity contribution in [3.05, 3.63) is 176 Å². The van der Waals surface area contributed by atoms with Gasteiger partial charge in [0.25, 0.3) is 0 Å². The Morgan fingerprint density at radius 3 is 1.28 bits per heavy atom. The third-order valence-electron chi connectivity index (χ3n) is 9.04. The van der Waals surface area contributed by atoms with Crippen LogP contribution in [0.5, 0.6) is 0 Å².